The summed E-state index contributed by atoms with van der Waals surface area (Å²) in [6.07, 6.45) is 1.18. The Morgan fingerprint density at radius 2 is 2.00 bits per heavy atom. The van der Waals surface area contributed by atoms with Gasteiger partial charge in [0.05, 0.1) is 10.0 Å². The molecule has 0 saturated heterocycles. The number of carbonyl (C=O) groups is 1. The number of hydrogen-bond acceptors (Lipinski definition) is 2. The van der Waals surface area contributed by atoms with Crippen LogP contribution in [-0.2, 0) is 11.3 Å². The molecule has 0 aromatic heterocycles. The van der Waals surface area contributed by atoms with E-state index in [0.29, 0.717) is 36.0 Å². The van der Waals surface area contributed by atoms with Gasteiger partial charge in [-0.1, -0.05) is 29.3 Å². The number of carbonyl (C=O) groups excluding carboxylic acids is 1. The van der Waals surface area contributed by atoms with Gasteiger partial charge in [0.2, 0.25) is 5.91 Å². The minimum absolute atomic E-state index is 0. The summed E-state index contributed by atoms with van der Waals surface area (Å²) in [4.78, 5) is 13.8. The van der Waals surface area contributed by atoms with Crippen molar-refractivity contribution in [2.75, 3.05) is 6.54 Å². The summed E-state index contributed by atoms with van der Waals surface area (Å²) in [5.74, 6) is 0.117. The van der Waals surface area contributed by atoms with Gasteiger partial charge in [-0.25, -0.2) is 0 Å². The molecule has 1 amide bonds. The molecule has 2 N–H and O–H groups in total. The third-order valence-corrected chi connectivity index (χ3v) is 3.64. The highest BCUT2D eigenvalue weighted by molar-refractivity contribution is 6.42. The Balaban J connectivity index is 0.00000361. The Kier molecular flexibility index (Phi) is 9.23. The fourth-order valence-electron chi connectivity index (χ4n) is 1.74. The first kappa shape index (κ1) is 19.5. The Labute approximate surface area is 136 Å². The highest BCUT2D eigenvalue weighted by atomic mass is 35.5. The number of benzene rings is 1. The van der Waals surface area contributed by atoms with Crippen LogP contribution in [0.15, 0.2) is 18.2 Å². The lowest BCUT2D eigenvalue weighted by atomic mass is 10.1. The maximum Gasteiger partial charge on any atom is 0.222 e. The van der Waals surface area contributed by atoms with E-state index >= 15 is 0 Å². The molecular formula is C14H21Cl3N2O. The summed E-state index contributed by atoms with van der Waals surface area (Å²) in [5.41, 5.74) is 6.65. The normalized spacial score (nSPS) is 11.7. The first-order valence-electron chi connectivity index (χ1n) is 6.41. The summed E-state index contributed by atoms with van der Waals surface area (Å²) < 4.78 is 0. The molecule has 20 heavy (non-hydrogen) atoms. The molecule has 1 aromatic rings. The van der Waals surface area contributed by atoms with Gasteiger partial charge in [-0.15, -0.1) is 12.4 Å². The Morgan fingerprint density at radius 3 is 2.50 bits per heavy atom. The molecule has 1 atom stereocenters. The highest BCUT2D eigenvalue weighted by Gasteiger charge is 2.13. The minimum atomic E-state index is 0. The number of hydrogen-bond donors (Lipinski definition) is 1. The molecule has 6 heteroatoms. The molecule has 1 aromatic carbocycles. The SMILES string of the molecule is CCN(Cc1ccc(Cl)c(Cl)c1)C(=O)CCC(C)N.Cl. The van der Waals surface area contributed by atoms with Crippen molar-refractivity contribution in [2.45, 2.75) is 39.3 Å². The van der Waals surface area contributed by atoms with Crippen molar-refractivity contribution < 1.29 is 4.79 Å². The van der Waals surface area contributed by atoms with Crippen LogP contribution in [0, 0.1) is 0 Å². The Morgan fingerprint density at radius 1 is 1.35 bits per heavy atom. The molecule has 0 bridgehead atoms. The molecule has 1 rings (SSSR count). The largest absolute Gasteiger partial charge is 0.339 e. The lowest BCUT2D eigenvalue weighted by Gasteiger charge is -2.21. The van der Waals surface area contributed by atoms with E-state index in [1.165, 1.54) is 0 Å². The number of nitrogens with two attached hydrogens (primary N) is 1. The fourth-order valence-corrected chi connectivity index (χ4v) is 2.06. The predicted octanol–water partition coefficient (Wildman–Crippen LogP) is 3.89. The van der Waals surface area contributed by atoms with E-state index in [4.69, 9.17) is 28.9 Å². The van der Waals surface area contributed by atoms with Crippen molar-refractivity contribution in [1.29, 1.82) is 0 Å². The lowest BCUT2D eigenvalue weighted by Crippen LogP contribution is -2.31. The average molecular weight is 340 g/mol. The van der Waals surface area contributed by atoms with Gasteiger partial charge in [-0.05, 0) is 38.0 Å². The minimum Gasteiger partial charge on any atom is -0.339 e. The van der Waals surface area contributed by atoms with Gasteiger partial charge in [0.25, 0.3) is 0 Å². The molecular weight excluding hydrogens is 319 g/mol. The molecule has 0 spiro atoms. The van der Waals surface area contributed by atoms with Crippen LogP contribution in [0.1, 0.15) is 32.3 Å². The topological polar surface area (TPSA) is 46.3 Å². The molecule has 0 radical (unpaired) electrons. The first-order chi connectivity index (χ1) is 8.93. The molecule has 0 saturated carbocycles. The third-order valence-electron chi connectivity index (χ3n) is 2.91. The number of nitrogens with zero attached hydrogens (tertiary/aromatic N) is 1. The van der Waals surface area contributed by atoms with Gasteiger partial charge in [-0.2, -0.15) is 0 Å². The van der Waals surface area contributed by atoms with E-state index in [1.807, 2.05) is 19.9 Å². The zero-order valence-corrected chi connectivity index (χ0v) is 14.1. The second-order valence-electron chi connectivity index (χ2n) is 4.67. The van der Waals surface area contributed by atoms with Crippen molar-refractivity contribution in [1.82, 2.24) is 4.90 Å². The second-order valence-corrected chi connectivity index (χ2v) is 5.49. The van der Waals surface area contributed by atoms with E-state index in [2.05, 4.69) is 0 Å². The molecule has 0 heterocycles. The number of rotatable bonds is 6. The Hall–Kier alpha value is -0.480. The monoisotopic (exact) mass is 338 g/mol. The van der Waals surface area contributed by atoms with Gasteiger partial charge >= 0.3 is 0 Å². The summed E-state index contributed by atoms with van der Waals surface area (Å²) in [6, 6.07) is 5.48. The van der Waals surface area contributed by atoms with E-state index in [9.17, 15) is 4.79 Å². The van der Waals surface area contributed by atoms with Crippen molar-refractivity contribution >= 4 is 41.5 Å². The summed E-state index contributed by atoms with van der Waals surface area (Å²) in [5, 5.41) is 1.04. The maximum absolute atomic E-state index is 12.0. The molecule has 1 unspecified atom stereocenters. The van der Waals surface area contributed by atoms with Crippen LogP contribution in [-0.4, -0.2) is 23.4 Å². The van der Waals surface area contributed by atoms with Gasteiger partial charge in [0, 0.05) is 25.6 Å². The molecule has 0 aliphatic heterocycles. The lowest BCUT2D eigenvalue weighted by molar-refractivity contribution is -0.131. The fraction of sp³-hybridized carbons (Fsp3) is 0.500. The van der Waals surface area contributed by atoms with Crippen LogP contribution >= 0.6 is 35.6 Å². The average Bonchev–Trinajstić information content (AvgIpc) is 2.37. The standard InChI is InChI=1S/C14H20Cl2N2O.ClH/c1-3-18(14(19)7-4-10(2)17)9-11-5-6-12(15)13(16)8-11;/h5-6,8,10H,3-4,7,9,17H2,1-2H3;1H. The van der Waals surface area contributed by atoms with Crippen LogP contribution < -0.4 is 5.73 Å². The van der Waals surface area contributed by atoms with Gasteiger partial charge < -0.3 is 10.6 Å². The molecule has 0 fully saturated rings. The first-order valence-corrected chi connectivity index (χ1v) is 7.17. The van der Waals surface area contributed by atoms with Gasteiger partial charge in [-0.3, -0.25) is 4.79 Å². The highest BCUT2D eigenvalue weighted by Crippen LogP contribution is 2.23. The second kappa shape index (κ2) is 9.46. The molecule has 0 aliphatic rings. The predicted molar refractivity (Wildman–Crippen MR) is 87.7 cm³/mol. The van der Waals surface area contributed by atoms with Gasteiger partial charge in [0.1, 0.15) is 0 Å². The van der Waals surface area contributed by atoms with Crippen molar-refractivity contribution in [3.8, 4) is 0 Å². The van der Waals surface area contributed by atoms with Crippen molar-refractivity contribution in [3.05, 3.63) is 33.8 Å². The number of amides is 1. The van der Waals surface area contributed by atoms with Gasteiger partial charge in [0.15, 0.2) is 0 Å². The zero-order valence-electron chi connectivity index (χ0n) is 11.7. The quantitative estimate of drug-likeness (QED) is 0.854. The van der Waals surface area contributed by atoms with Crippen LogP contribution in [0.25, 0.3) is 0 Å². The van der Waals surface area contributed by atoms with Crippen LogP contribution in [0.3, 0.4) is 0 Å². The van der Waals surface area contributed by atoms with Crippen LogP contribution in [0.2, 0.25) is 10.0 Å². The van der Waals surface area contributed by atoms with Crippen molar-refractivity contribution in [2.24, 2.45) is 5.73 Å². The summed E-state index contributed by atoms with van der Waals surface area (Å²) >= 11 is 11.8. The smallest absolute Gasteiger partial charge is 0.222 e. The van der Waals surface area contributed by atoms with E-state index in [1.54, 1.807) is 17.0 Å². The summed E-state index contributed by atoms with van der Waals surface area (Å²) in [6.45, 7) is 5.08. The maximum atomic E-state index is 12.0. The Bertz CT molecular complexity index is 438. The van der Waals surface area contributed by atoms with E-state index in [0.717, 1.165) is 5.56 Å². The zero-order chi connectivity index (χ0) is 14.4. The van der Waals surface area contributed by atoms with Crippen LogP contribution in [0.5, 0.6) is 0 Å². The molecule has 114 valence electrons. The molecule has 3 nitrogen and oxygen atoms in total. The third kappa shape index (κ3) is 6.31. The molecule has 0 aliphatic carbocycles. The summed E-state index contributed by atoms with van der Waals surface area (Å²) in [7, 11) is 0. The number of halogens is 3. The van der Waals surface area contributed by atoms with Crippen molar-refractivity contribution in [3.63, 3.8) is 0 Å². The van der Waals surface area contributed by atoms with E-state index < -0.39 is 0 Å². The van der Waals surface area contributed by atoms with Crippen LogP contribution in [0.4, 0.5) is 0 Å². The van der Waals surface area contributed by atoms with E-state index in [-0.39, 0.29) is 24.4 Å².